The van der Waals surface area contributed by atoms with Gasteiger partial charge in [-0.25, -0.2) is 0 Å². The standard InChI is InChI=1S/C15H21F3O/c1-3-5-7-13(6-4-2)19-14-10-8-12(9-11-14)15(16,17)18/h8-11,13H,3-7H2,1-2H3. The van der Waals surface area contributed by atoms with E-state index >= 15 is 0 Å². The van der Waals surface area contributed by atoms with Crippen LogP contribution in [0.15, 0.2) is 24.3 Å². The summed E-state index contributed by atoms with van der Waals surface area (Å²) in [5.41, 5.74) is -0.638. The van der Waals surface area contributed by atoms with Crippen molar-refractivity contribution in [2.75, 3.05) is 0 Å². The zero-order valence-corrected chi connectivity index (χ0v) is 11.5. The van der Waals surface area contributed by atoms with Gasteiger partial charge in [0.1, 0.15) is 5.75 Å². The van der Waals surface area contributed by atoms with Crippen LogP contribution in [0.5, 0.6) is 5.75 Å². The molecular weight excluding hydrogens is 253 g/mol. The van der Waals surface area contributed by atoms with Crippen molar-refractivity contribution in [3.8, 4) is 5.75 Å². The highest BCUT2D eigenvalue weighted by atomic mass is 19.4. The third kappa shape index (κ3) is 5.53. The summed E-state index contributed by atoms with van der Waals surface area (Å²) in [5, 5.41) is 0. The Morgan fingerprint density at radius 3 is 2.11 bits per heavy atom. The van der Waals surface area contributed by atoms with Crippen LogP contribution in [0.4, 0.5) is 13.2 Å². The number of alkyl halides is 3. The molecule has 4 heteroatoms. The average Bonchev–Trinajstić information content (AvgIpc) is 2.36. The van der Waals surface area contributed by atoms with Crippen molar-refractivity contribution in [2.24, 2.45) is 0 Å². The fraction of sp³-hybridized carbons (Fsp3) is 0.600. The van der Waals surface area contributed by atoms with E-state index in [9.17, 15) is 13.2 Å². The number of ether oxygens (including phenoxy) is 1. The number of rotatable bonds is 7. The van der Waals surface area contributed by atoms with E-state index in [1.54, 1.807) is 0 Å². The fourth-order valence-corrected chi connectivity index (χ4v) is 1.93. The van der Waals surface area contributed by atoms with Gasteiger partial charge in [-0.1, -0.05) is 33.1 Å². The first-order valence-electron chi connectivity index (χ1n) is 6.81. The molecule has 1 aromatic rings. The summed E-state index contributed by atoms with van der Waals surface area (Å²) >= 11 is 0. The smallest absolute Gasteiger partial charge is 0.416 e. The van der Waals surface area contributed by atoms with E-state index in [0.29, 0.717) is 5.75 Å². The number of halogens is 3. The summed E-state index contributed by atoms with van der Waals surface area (Å²) in [6.45, 7) is 4.19. The molecule has 0 saturated carbocycles. The number of unbranched alkanes of at least 4 members (excludes halogenated alkanes) is 1. The van der Waals surface area contributed by atoms with Gasteiger partial charge in [0.05, 0.1) is 11.7 Å². The molecule has 1 nitrogen and oxygen atoms in total. The molecule has 0 spiro atoms. The second kappa shape index (κ2) is 7.41. The van der Waals surface area contributed by atoms with Crippen LogP contribution in [-0.2, 0) is 6.18 Å². The first kappa shape index (κ1) is 15.9. The molecule has 0 fully saturated rings. The Kier molecular flexibility index (Phi) is 6.19. The predicted octanol–water partition coefficient (Wildman–Crippen LogP) is 5.44. The Labute approximate surface area is 112 Å². The molecule has 0 aliphatic carbocycles. The molecule has 1 atom stereocenters. The number of hydrogen-bond acceptors (Lipinski definition) is 1. The number of hydrogen-bond donors (Lipinski definition) is 0. The summed E-state index contributed by atoms with van der Waals surface area (Å²) in [6, 6.07) is 4.94. The Hall–Kier alpha value is -1.19. The maximum absolute atomic E-state index is 12.4. The van der Waals surface area contributed by atoms with Crippen LogP contribution in [0, 0.1) is 0 Å². The van der Waals surface area contributed by atoms with Crippen LogP contribution < -0.4 is 4.74 Å². The lowest BCUT2D eigenvalue weighted by atomic mass is 10.1. The molecule has 0 heterocycles. The van der Waals surface area contributed by atoms with Gasteiger partial charge in [0.2, 0.25) is 0 Å². The van der Waals surface area contributed by atoms with Crippen molar-refractivity contribution >= 4 is 0 Å². The van der Waals surface area contributed by atoms with Crippen LogP contribution in [0.2, 0.25) is 0 Å². The minimum absolute atomic E-state index is 0.0988. The third-order valence-corrected chi connectivity index (χ3v) is 2.97. The normalized spacial score (nSPS) is 13.3. The van der Waals surface area contributed by atoms with Gasteiger partial charge in [-0.15, -0.1) is 0 Å². The van der Waals surface area contributed by atoms with Crippen LogP contribution >= 0.6 is 0 Å². The monoisotopic (exact) mass is 274 g/mol. The highest BCUT2D eigenvalue weighted by Crippen LogP contribution is 2.30. The predicted molar refractivity (Wildman–Crippen MR) is 70.3 cm³/mol. The van der Waals surface area contributed by atoms with Gasteiger partial charge in [0.25, 0.3) is 0 Å². The SMILES string of the molecule is CCCCC(CCC)Oc1ccc(C(F)(F)F)cc1. The minimum Gasteiger partial charge on any atom is -0.490 e. The molecule has 0 amide bonds. The number of benzene rings is 1. The fourth-order valence-electron chi connectivity index (χ4n) is 1.93. The van der Waals surface area contributed by atoms with E-state index in [0.717, 1.165) is 44.2 Å². The van der Waals surface area contributed by atoms with E-state index in [1.165, 1.54) is 12.1 Å². The van der Waals surface area contributed by atoms with Crippen LogP contribution in [0.1, 0.15) is 51.5 Å². The average molecular weight is 274 g/mol. The molecule has 0 aliphatic rings. The lowest BCUT2D eigenvalue weighted by molar-refractivity contribution is -0.137. The van der Waals surface area contributed by atoms with Crippen LogP contribution in [0.25, 0.3) is 0 Å². The van der Waals surface area contributed by atoms with Crippen LogP contribution in [-0.4, -0.2) is 6.10 Å². The first-order valence-corrected chi connectivity index (χ1v) is 6.81. The van der Waals surface area contributed by atoms with Crippen molar-refractivity contribution in [3.63, 3.8) is 0 Å². The van der Waals surface area contributed by atoms with Crippen molar-refractivity contribution in [3.05, 3.63) is 29.8 Å². The molecule has 0 radical (unpaired) electrons. The minimum atomic E-state index is -4.29. The van der Waals surface area contributed by atoms with Crippen molar-refractivity contribution in [1.29, 1.82) is 0 Å². The molecule has 0 aliphatic heterocycles. The summed E-state index contributed by atoms with van der Waals surface area (Å²) in [5.74, 6) is 0.516. The lowest BCUT2D eigenvalue weighted by Gasteiger charge is -2.18. The Bertz CT molecular complexity index is 357. The maximum Gasteiger partial charge on any atom is 0.416 e. The van der Waals surface area contributed by atoms with Gasteiger partial charge in [-0.3, -0.25) is 0 Å². The highest BCUT2D eigenvalue weighted by Gasteiger charge is 2.30. The largest absolute Gasteiger partial charge is 0.490 e. The van der Waals surface area contributed by atoms with Gasteiger partial charge >= 0.3 is 6.18 Å². The zero-order valence-electron chi connectivity index (χ0n) is 11.5. The van der Waals surface area contributed by atoms with Crippen molar-refractivity contribution < 1.29 is 17.9 Å². The topological polar surface area (TPSA) is 9.23 Å². The Morgan fingerprint density at radius 1 is 1.00 bits per heavy atom. The molecule has 1 aromatic carbocycles. The molecule has 0 bridgehead atoms. The van der Waals surface area contributed by atoms with E-state index in [1.807, 2.05) is 0 Å². The first-order chi connectivity index (χ1) is 8.97. The van der Waals surface area contributed by atoms with Crippen LogP contribution in [0.3, 0.4) is 0 Å². The molecule has 1 rings (SSSR count). The summed E-state index contributed by atoms with van der Waals surface area (Å²) in [7, 11) is 0. The molecule has 1 unspecified atom stereocenters. The quantitative estimate of drug-likeness (QED) is 0.643. The summed E-state index contributed by atoms with van der Waals surface area (Å²) < 4.78 is 43.0. The van der Waals surface area contributed by atoms with Gasteiger partial charge < -0.3 is 4.74 Å². The van der Waals surface area contributed by atoms with Gasteiger partial charge in [0.15, 0.2) is 0 Å². The second-order valence-corrected chi connectivity index (χ2v) is 4.69. The lowest BCUT2D eigenvalue weighted by Crippen LogP contribution is -2.16. The van der Waals surface area contributed by atoms with E-state index in [-0.39, 0.29) is 6.10 Å². The summed E-state index contributed by atoms with van der Waals surface area (Å²) in [4.78, 5) is 0. The van der Waals surface area contributed by atoms with Gasteiger partial charge in [-0.05, 0) is 37.1 Å². The van der Waals surface area contributed by atoms with Crippen molar-refractivity contribution in [2.45, 2.75) is 58.2 Å². The molecule has 19 heavy (non-hydrogen) atoms. The Balaban J connectivity index is 2.64. The van der Waals surface area contributed by atoms with Gasteiger partial charge in [-0.2, -0.15) is 13.2 Å². The van der Waals surface area contributed by atoms with Crippen molar-refractivity contribution in [1.82, 2.24) is 0 Å². The maximum atomic E-state index is 12.4. The van der Waals surface area contributed by atoms with E-state index in [2.05, 4.69) is 13.8 Å². The van der Waals surface area contributed by atoms with E-state index < -0.39 is 11.7 Å². The molecule has 0 saturated heterocycles. The van der Waals surface area contributed by atoms with E-state index in [4.69, 9.17) is 4.74 Å². The molecule has 0 N–H and O–H groups in total. The third-order valence-electron chi connectivity index (χ3n) is 2.97. The molecule has 0 aromatic heterocycles. The second-order valence-electron chi connectivity index (χ2n) is 4.69. The summed E-state index contributed by atoms with van der Waals surface area (Å²) in [6.07, 6.45) is 0.869. The van der Waals surface area contributed by atoms with Gasteiger partial charge in [0, 0.05) is 0 Å². The Morgan fingerprint density at radius 2 is 1.63 bits per heavy atom. The molecular formula is C15H21F3O. The highest BCUT2D eigenvalue weighted by molar-refractivity contribution is 5.29. The molecule has 108 valence electrons. The zero-order chi connectivity index (χ0) is 14.3.